The molecule has 0 unspecified atom stereocenters. The number of carbonyl (C=O) groups is 1. The van der Waals surface area contributed by atoms with Crippen molar-refractivity contribution in [3.8, 4) is 0 Å². The number of halogens is 2. The van der Waals surface area contributed by atoms with Crippen molar-refractivity contribution in [3.63, 3.8) is 0 Å². The number of nitrogens with one attached hydrogen (secondary N) is 1. The van der Waals surface area contributed by atoms with Crippen LogP contribution in [0.3, 0.4) is 0 Å². The standard InChI is InChI=1S/C26H21Cl2N3O/c27-20-11-10-18(24(28)12-20)15-31-16-19(21-8-4-5-9-25(21)31)14-29-30-26(32)23-13-22(23)17-6-2-1-3-7-17/h1-12,14,16,22-23H,13,15H2,(H,30,32)/b29-14-/t22-,23+/m1/s1. The van der Waals surface area contributed by atoms with E-state index in [1.165, 1.54) is 5.56 Å². The number of amides is 1. The van der Waals surface area contributed by atoms with Crippen LogP contribution in [0.2, 0.25) is 10.0 Å². The highest BCUT2D eigenvalue weighted by atomic mass is 35.5. The van der Waals surface area contributed by atoms with Gasteiger partial charge in [0.25, 0.3) is 0 Å². The second-order valence-electron chi connectivity index (χ2n) is 8.06. The summed E-state index contributed by atoms with van der Waals surface area (Å²) < 4.78 is 2.12. The van der Waals surface area contributed by atoms with Crippen LogP contribution in [0.4, 0.5) is 0 Å². The number of rotatable bonds is 6. The number of aromatic nitrogens is 1. The molecule has 32 heavy (non-hydrogen) atoms. The third-order valence-electron chi connectivity index (χ3n) is 5.91. The van der Waals surface area contributed by atoms with Crippen LogP contribution in [-0.2, 0) is 11.3 Å². The van der Waals surface area contributed by atoms with Crippen LogP contribution >= 0.6 is 23.2 Å². The molecule has 0 saturated heterocycles. The van der Waals surface area contributed by atoms with Crippen molar-refractivity contribution < 1.29 is 4.79 Å². The molecule has 0 radical (unpaired) electrons. The molecule has 0 aliphatic heterocycles. The number of hydrogen-bond acceptors (Lipinski definition) is 2. The maximum atomic E-state index is 12.5. The van der Waals surface area contributed by atoms with Crippen LogP contribution in [0.15, 0.2) is 84.1 Å². The molecule has 0 spiro atoms. The Hall–Kier alpha value is -3.08. The summed E-state index contributed by atoms with van der Waals surface area (Å²) >= 11 is 12.4. The highest BCUT2D eigenvalue weighted by molar-refractivity contribution is 6.35. The van der Waals surface area contributed by atoms with Crippen molar-refractivity contribution in [1.82, 2.24) is 9.99 Å². The van der Waals surface area contributed by atoms with E-state index in [1.807, 2.05) is 54.7 Å². The Kier molecular flexibility index (Phi) is 5.73. The number of benzene rings is 3. The van der Waals surface area contributed by atoms with Gasteiger partial charge in [0.15, 0.2) is 0 Å². The summed E-state index contributed by atoms with van der Waals surface area (Å²) in [6, 6.07) is 23.8. The number of carbonyl (C=O) groups excluding carboxylic acids is 1. The maximum absolute atomic E-state index is 12.5. The monoisotopic (exact) mass is 461 g/mol. The molecule has 1 aromatic heterocycles. The van der Waals surface area contributed by atoms with Gasteiger partial charge in [0.1, 0.15) is 0 Å². The van der Waals surface area contributed by atoms with Gasteiger partial charge in [0, 0.05) is 45.2 Å². The van der Waals surface area contributed by atoms with Crippen molar-refractivity contribution in [1.29, 1.82) is 0 Å². The summed E-state index contributed by atoms with van der Waals surface area (Å²) in [5.74, 6) is 0.243. The molecular weight excluding hydrogens is 441 g/mol. The third-order valence-corrected chi connectivity index (χ3v) is 6.50. The fraction of sp³-hybridized carbons (Fsp3) is 0.154. The van der Waals surface area contributed by atoms with Crippen molar-refractivity contribution in [2.45, 2.75) is 18.9 Å². The summed E-state index contributed by atoms with van der Waals surface area (Å²) in [7, 11) is 0. The lowest BCUT2D eigenvalue weighted by molar-refractivity contribution is -0.122. The fourth-order valence-electron chi connectivity index (χ4n) is 4.14. The van der Waals surface area contributed by atoms with Gasteiger partial charge in [0.05, 0.1) is 6.21 Å². The number of hydrazone groups is 1. The summed E-state index contributed by atoms with van der Waals surface area (Å²) in [6.45, 7) is 0.609. The number of para-hydroxylation sites is 1. The zero-order valence-corrected chi connectivity index (χ0v) is 18.7. The van der Waals surface area contributed by atoms with Gasteiger partial charge in [0.2, 0.25) is 5.91 Å². The zero-order chi connectivity index (χ0) is 22.1. The first-order valence-corrected chi connectivity index (χ1v) is 11.3. The molecule has 1 fully saturated rings. The van der Waals surface area contributed by atoms with Crippen LogP contribution in [-0.4, -0.2) is 16.7 Å². The molecule has 4 aromatic rings. The Labute approximate surface area is 196 Å². The van der Waals surface area contributed by atoms with Crippen molar-refractivity contribution in [3.05, 3.63) is 106 Å². The molecule has 1 heterocycles. The molecule has 1 N–H and O–H groups in total. The van der Waals surface area contributed by atoms with Gasteiger partial charge < -0.3 is 4.57 Å². The Morgan fingerprint density at radius 2 is 1.84 bits per heavy atom. The first kappa shape index (κ1) is 20.8. The van der Waals surface area contributed by atoms with Crippen molar-refractivity contribution >= 4 is 46.2 Å². The van der Waals surface area contributed by atoms with E-state index >= 15 is 0 Å². The predicted molar refractivity (Wildman–Crippen MR) is 131 cm³/mol. The first-order chi connectivity index (χ1) is 15.6. The summed E-state index contributed by atoms with van der Waals surface area (Å²) in [5.41, 5.74) is 6.91. The van der Waals surface area contributed by atoms with Gasteiger partial charge in [-0.15, -0.1) is 0 Å². The minimum atomic E-state index is -0.0354. The Bertz CT molecular complexity index is 1310. The highest BCUT2D eigenvalue weighted by Gasteiger charge is 2.43. The first-order valence-electron chi connectivity index (χ1n) is 10.5. The van der Waals surface area contributed by atoms with Crippen molar-refractivity contribution in [2.75, 3.05) is 0 Å². The second-order valence-corrected chi connectivity index (χ2v) is 8.90. The van der Waals surface area contributed by atoms with Crippen molar-refractivity contribution in [2.24, 2.45) is 11.0 Å². The molecule has 1 aliphatic carbocycles. The van der Waals surface area contributed by atoms with Gasteiger partial charge in [-0.3, -0.25) is 4.79 Å². The third kappa shape index (κ3) is 4.29. The maximum Gasteiger partial charge on any atom is 0.243 e. The fourth-order valence-corrected chi connectivity index (χ4v) is 4.61. The average Bonchev–Trinajstić information content (AvgIpc) is 3.54. The minimum absolute atomic E-state index is 0.0112. The zero-order valence-electron chi connectivity index (χ0n) is 17.2. The second kappa shape index (κ2) is 8.81. The molecule has 5 rings (SSSR count). The van der Waals surface area contributed by atoms with E-state index in [4.69, 9.17) is 23.2 Å². The molecule has 2 atom stereocenters. The normalized spacial score (nSPS) is 17.7. The summed E-state index contributed by atoms with van der Waals surface area (Å²) in [6.07, 6.45) is 4.60. The van der Waals surface area contributed by atoms with Crippen LogP contribution in [0, 0.1) is 5.92 Å². The highest BCUT2D eigenvalue weighted by Crippen LogP contribution is 2.47. The van der Waals surface area contributed by atoms with Gasteiger partial charge in [-0.05, 0) is 41.7 Å². The molecule has 4 nitrogen and oxygen atoms in total. The van der Waals surface area contributed by atoms with E-state index in [0.29, 0.717) is 16.6 Å². The van der Waals surface area contributed by atoms with E-state index in [1.54, 1.807) is 12.3 Å². The molecule has 160 valence electrons. The van der Waals surface area contributed by atoms with Crippen LogP contribution in [0.5, 0.6) is 0 Å². The quantitative estimate of drug-likeness (QED) is 0.267. The summed E-state index contributed by atoms with van der Waals surface area (Å²) in [5, 5.41) is 6.56. The van der Waals surface area contributed by atoms with E-state index in [2.05, 4.69) is 33.3 Å². The van der Waals surface area contributed by atoms with Gasteiger partial charge in [-0.1, -0.05) is 77.8 Å². The molecule has 1 aliphatic rings. The van der Waals surface area contributed by atoms with Crippen LogP contribution in [0.1, 0.15) is 29.0 Å². The smallest absolute Gasteiger partial charge is 0.243 e. The lowest BCUT2D eigenvalue weighted by Gasteiger charge is -2.08. The van der Waals surface area contributed by atoms with Gasteiger partial charge >= 0.3 is 0 Å². The lowest BCUT2D eigenvalue weighted by Crippen LogP contribution is -2.20. The number of fused-ring (bicyclic) bond motifs is 1. The van der Waals surface area contributed by atoms with Crippen LogP contribution in [0.25, 0.3) is 10.9 Å². The van der Waals surface area contributed by atoms with E-state index < -0.39 is 0 Å². The Morgan fingerprint density at radius 3 is 2.66 bits per heavy atom. The topological polar surface area (TPSA) is 46.4 Å². The Morgan fingerprint density at radius 1 is 1.06 bits per heavy atom. The molecule has 6 heteroatoms. The van der Waals surface area contributed by atoms with E-state index in [0.717, 1.165) is 28.5 Å². The molecular formula is C26H21Cl2N3O. The molecule has 1 amide bonds. The number of hydrogen-bond donors (Lipinski definition) is 1. The largest absolute Gasteiger partial charge is 0.342 e. The Balaban J connectivity index is 1.31. The van der Waals surface area contributed by atoms with E-state index in [-0.39, 0.29) is 17.7 Å². The predicted octanol–water partition coefficient (Wildman–Crippen LogP) is 6.25. The van der Waals surface area contributed by atoms with Gasteiger partial charge in [-0.25, -0.2) is 5.43 Å². The van der Waals surface area contributed by atoms with Crippen LogP contribution < -0.4 is 5.43 Å². The lowest BCUT2D eigenvalue weighted by atomic mass is 10.1. The molecule has 0 bridgehead atoms. The SMILES string of the molecule is O=C(N/N=C\c1cn(Cc2ccc(Cl)cc2Cl)c2ccccc12)[C@H]1C[C@@H]1c1ccccc1. The van der Waals surface area contributed by atoms with E-state index in [9.17, 15) is 4.79 Å². The molecule has 1 saturated carbocycles. The average molecular weight is 462 g/mol. The minimum Gasteiger partial charge on any atom is -0.342 e. The summed E-state index contributed by atoms with van der Waals surface area (Å²) in [4.78, 5) is 12.5. The van der Waals surface area contributed by atoms with Gasteiger partial charge in [-0.2, -0.15) is 5.10 Å². The molecule has 3 aromatic carbocycles. The number of nitrogens with zero attached hydrogens (tertiary/aromatic N) is 2.